The van der Waals surface area contributed by atoms with E-state index in [-0.39, 0.29) is 0 Å². The zero-order valence-electron chi connectivity index (χ0n) is 14.0. The van der Waals surface area contributed by atoms with Crippen molar-refractivity contribution in [1.29, 1.82) is 0 Å². The maximum atomic E-state index is 6.45. The molecule has 4 aromatic rings. The Morgan fingerprint density at radius 1 is 1.15 bits per heavy atom. The van der Waals surface area contributed by atoms with Crippen molar-refractivity contribution in [3.8, 4) is 22.8 Å². The second kappa shape index (κ2) is 6.35. The number of hydrogen-bond donors (Lipinski definition) is 1. The van der Waals surface area contributed by atoms with E-state index in [1.165, 1.54) is 0 Å². The molecular weight excluding hydrogens is 375 g/mol. The van der Waals surface area contributed by atoms with Crippen molar-refractivity contribution in [3.05, 3.63) is 51.6 Å². The highest BCUT2D eigenvalue weighted by atomic mass is 35.5. The van der Waals surface area contributed by atoms with Gasteiger partial charge >= 0.3 is 0 Å². The molecule has 0 saturated heterocycles. The number of hydrogen-bond acceptors (Lipinski definition) is 6. The van der Waals surface area contributed by atoms with E-state index in [1.807, 2.05) is 17.4 Å². The predicted octanol–water partition coefficient (Wildman–Crippen LogP) is 3.83. The molecule has 0 radical (unpaired) electrons. The predicted molar refractivity (Wildman–Crippen MR) is 99.1 cm³/mol. The molecule has 0 atom stereocenters. The van der Waals surface area contributed by atoms with Crippen LogP contribution in [0, 0.1) is 13.8 Å². The molecule has 0 spiro atoms. The van der Waals surface area contributed by atoms with E-state index in [2.05, 4.69) is 20.1 Å². The normalized spacial score (nSPS) is 11.4. The molecule has 2 N–H and O–H groups in total. The van der Waals surface area contributed by atoms with Gasteiger partial charge in [0.1, 0.15) is 5.69 Å². The number of benzene rings is 1. The Bertz CT molecular complexity index is 1130. The van der Waals surface area contributed by atoms with Crippen molar-refractivity contribution in [2.45, 2.75) is 20.4 Å². The van der Waals surface area contributed by atoms with Crippen molar-refractivity contribution in [2.75, 3.05) is 0 Å². The lowest BCUT2D eigenvalue weighted by Gasteiger charge is -2.14. The Kier molecular flexibility index (Phi) is 4.14. The molecule has 9 heteroatoms. The van der Waals surface area contributed by atoms with Crippen LogP contribution in [0.5, 0.6) is 0 Å². The maximum Gasteiger partial charge on any atom is 0.235 e. The number of aryl methyl sites for hydroxylation is 2. The zero-order valence-corrected chi connectivity index (χ0v) is 15.5. The van der Waals surface area contributed by atoms with Crippen LogP contribution in [0.2, 0.25) is 10.0 Å². The summed E-state index contributed by atoms with van der Waals surface area (Å²) in [5, 5.41) is 5.00. The van der Waals surface area contributed by atoms with Crippen LogP contribution in [0.3, 0.4) is 0 Å². The molecule has 0 fully saturated rings. The Hall–Kier alpha value is -2.48. The van der Waals surface area contributed by atoms with Gasteiger partial charge in [0.25, 0.3) is 0 Å². The monoisotopic (exact) mass is 388 g/mol. The first-order valence-corrected chi connectivity index (χ1v) is 8.58. The summed E-state index contributed by atoms with van der Waals surface area (Å²) in [4.78, 5) is 13.3. The molecule has 0 amide bonds. The average Bonchev–Trinajstić information content (AvgIpc) is 3.20. The standard InChI is InChI=1S/C17H14Cl2N6O/c1-8-12(6-20)15(11-4-3-10(18)5-13(11)19)25-7-14(23-17(25)21-8)16-22-9(2)26-24-16/h3-5,7H,6,20H2,1-2H3. The molecule has 7 nitrogen and oxygen atoms in total. The van der Waals surface area contributed by atoms with Crippen LogP contribution in [-0.4, -0.2) is 24.5 Å². The van der Waals surface area contributed by atoms with E-state index >= 15 is 0 Å². The Balaban J connectivity index is 2.04. The molecule has 1 aromatic carbocycles. The van der Waals surface area contributed by atoms with Gasteiger partial charge in [0, 0.05) is 41.5 Å². The number of halogens is 2. The van der Waals surface area contributed by atoms with Gasteiger partial charge in [-0.1, -0.05) is 28.4 Å². The third kappa shape index (κ3) is 2.74. The van der Waals surface area contributed by atoms with Crippen molar-refractivity contribution in [2.24, 2.45) is 5.73 Å². The summed E-state index contributed by atoms with van der Waals surface area (Å²) in [5.41, 5.74) is 9.81. The van der Waals surface area contributed by atoms with Crippen molar-refractivity contribution in [3.63, 3.8) is 0 Å². The third-order valence-electron chi connectivity index (χ3n) is 4.07. The SMILES string of the molecule is Cc1nc(-c2cn3c(-c4ccc(Cl)cc4Cl)c(CN)c(C)nc3n2)no1. The summed E-state index contributed by atoms with van der Waals surface area (Å²) < 4.78 is 6.88. The highest BCUT2D eigenvalue weighted by Crippen LogP contribution is 2.34. The van der Waals surface area contributed by atoms with E-state index in [9.17, 15) is 0 Å². The van der Waals surface area contributed by atoms with Gasteiger partial charge in [0.05, 0.1) is 10.7 Å². The van der Waals surface area contributed by atoms with Crippen LogP contribution in [0.25, 0.3) is 28.6 Å². The average molecular weight is 389 g/mol. The van der Waals surface area contributed by atoms with Crippen molar-refractivity contribution in [1.82, 2.24) is 24.5 Å². The number of imidazole rings is 1. The largest absolute Gasteiger partial charge is 0.339 e. The van der Waals surface area contributed by atoms with Crippen LogP contribution in [0.15, 0.2) is 28.9 Å². The van der Waals surface area contributed by atoms with E-state index in [1.54, 1.807) is 25.3 Å². The summed E-state index contributed by atoms with van der Waals surface area (Å²) >= 11 is 12.5. The molecule has 0 unspecified atom stereocenters. The molecule has 0 saturated carbocycles. The van der Waals surface area contributed by atoms with Crippen LogP contribution in [-0.2, 0) is 6.54 Å². The summed E-state index contributed by atoms with van der Waals surface area (Å²) in [6, 6.07) is 5.34. The summed E-state index contributed by atoms with van der Waals surface area (Å²) in [7, 11) is 0. The number of aromatic nitrogens is 5. The molecule has 0 aliphatic heterocycles. The molecule has 0 aliphatic rings. The second-order valence-electron chi connectivity index (χ2n) is 5.79. The number of nitrogens with two attached hydrogens (primary N) is 1. The van der Waals surface area contributed by atoms with E-state index in [4.69, 9.17) is 33.5 Å². The first kappa shape index (κ1) is 17.0. The lowest BCUT2D eigenvalue weighted by molar-refractivity contribution is 0.394. The molecule has 132 valence electrons. The highest BCUT2D eigenvalue weighted by Gasteiger charge is 2.19. The molecular formula is C17H14Cl2N6O. The minimum Gasteiger partial charge on any atom is -0.339 e. The highest BCUT2D eigenvalue weighted by molar-refractivity contribution is 6.36. The number of fused-ring (bicyclic) bond motifs is 1. The first-order chi connectivity index (χ1) is 12.5. The molecule has 3 aromatic heterocycles. The molecule has 4 rings (SSSR count). The number of nitrogens with zero attached hydrogens (tertiary/aromatic N) is 5. The van der Waals surface area contributed by atoms with Crippen LogP contribution in [0.1, 0.15) is 17.1 Å². The van der Waals surface area contributed by atoms with Gasteiger partial charge in [0.2, 0.25) is 17.5 Å². The molecule has 0 bridgehead atoms. The smallest absolute Gasteiger partial charge is 0.235 e. The fourth-order valence-electron chi connectivity index (χ4n) is 2.88. The fourth-order valence-corrected chi connectivity index (χ4v) is 3.38. The number of rotatable bonds is 3. The van der Waals surface area contributed by atoms with Crippen LogP contribution >= 0.6 is 23.2 Å². The summed E-state index contributed by atoms with van der Waals surface area (Å²) in [6.07, 6.45) is 1.80. The van der Waals surface area contributed by atoms with E-state index in [0.29, 0.717) is 39.8 Å². The lowest BCUT2D eigenvalue weighted by atomic mass is 10.0. The van der Waals surface area contributed by atoms with Gasteiger partial charge in [0.15, 0.2) is 0 Å². The van der Waals surface area contributed by atoms with Gasteiger partial charge in [-0.3, -0.25) is 4.40 Å². The van der Waals surface area contributed by atoms with Gasteiger partial charge in [-0.2, -0.15) is 4.98 Å². The molecule has 26 heavy (non-hydrogen) atoms. The van der Waals surface area contributed by atoms with Crippen molar-refractivity contribution < 1.29 is 4.52 Å². The van der Waals surface area contributed by atoms with Gasteiger partial charge in [-0.05, 0) is 25.1 Å². The quantitative estimate of drug-likeness (QED) is 0.572. The van der Waals surface area contributed by atoms with Crippen LogP contribution < -0.4 is 5.73 Å². The van der Waals surface area contributed by atoms with Crippen molar-refractivity contribution >= 4 is 29.0 Å². The third-order valence-corrected chi connectivity index (χ3v) is 4.61. The van der Waals surface area contributed by atoms with E-state index in [0.717, 1.165) is 22.5 Å². The molecule has 3 heterocycles. The van der Waals surface area contributed by atoms with Crippen LogP contribution in [0.4, 0.5) is 0 Å². The Morgan fingerprint density at radius 3 is 2.62 bits per heavy atom. The first-order valence-electron chi connectivity index (χ1n) is 7.82. The van der Waals surface area contributed by atoms with Gasteiger partial charge in [-0.15, -0.1) is 0 Å². The summed E-state index contributed by atoms with van der Waals surface area (Å²) in [5.74, 6) is 1.36. The van der Waals surface area contributed by atoms with E-state index < -0.39 is 0 Å². The summed E-state index contributed by atoms with van der Waals surface area (Å²) in [6.45, 7) is 3.92. The zero-order chi connectivity index (χ0) is 18.4. The maximum absolute atomic E-state index is 6.45. The van der Waals surface area contributed by atoms with Gasteiger partial charge < -0.3 is 10.3 Å². The minimum absolute atomic E-state index is 0.303. The Labute approximate surface area is 158 Å². The minimum atomic E-state index is 0.303. The topological polar surface area (TPSA) is 95.1 Å². The molecule has 0 aliphatic carbocycles. The lowest BCUT2D eigenvalue weighted by Crippen LogP contribution is -2.08. The fraction of sp³-hybridized carbons (Fsp3) is 0.176. The second-order valence-corrected chi connectivity index (χ2v) is 6.63. The Morgan fingerprint density at radius 2 is 1.96 bits per heavy atom. The van der Waals surface area contributed by atoms with Gasteiger partial charge in [-0.25, -0.2) is 9.97 Å².